The van der Waals surface area contributed by atoms with Crippen LogP contribution >= 0.6 is 0 Å². The molecule has 0 radical (unpaired) electrons. The van der Waals surface area contributed by atoms with Crippen molar-refractivity contribution in [3.05, 3.63) is 48.0 Å². The second-order valence-corrected chi connectivity index (χ2v) is 6.34. The van der Waals surface area contributed by atoms with Crippen molar-refractivity contribution in [1.29, 1.82) is 0 Å². The van der Waals surface area contributed by atoms with Gasteiger partial charge < -0.3 is 5.73 Å². The average molecular weight is 270 g/mol. The van der Waals surface area contributed by atoms with E-state index in [0.717, 1.165) is 12.8 Å². The highest BCUT2D eigenvalue weighted by Crippen LogP contribution is 2.39. The summed E-state index contributed by atoms with van der Waals surface area (Å²) in [7, 11) is 0. The van der Waals surface area contributed by atoms with Gasteiger partial charge in [0.05, 0.1) is 5.54 Å². The van der Waals surface area contributed by atoms with Gasteiger partial charge in [0, 0.05) is 6.04 Å². The van der Waals surface area contributed by atoms with Crippen molar-refractivity contribution in [2.75, 3.05) is 13.1 Å². The van der Waals surface area contributed by atoms with Crippen LogP contribution < -0.4 is 5.73 Å². The molecule has 1 saturated heterocycles. The van der Waals surface area contributed by atoms with Gasteiger partial charge in [-0.2, -0.15) is 0 Å². The van der Waals surface area contributed by atoms with Gasteiger partial charge in [0.1, 0.15) is 0 Å². The van der Waals surface area contributed by atoms with E-state index in [0.29, 0.717) is 6.04 Å². The Morgan fingerprint density at radius 1 is 1.25 bits per heavy atom. The maximum absolute atomic E-state index is 6.94. The fraction of sp³-hybridized carbons (Fsp3) is 0.556. The number of nitrogens with two attached hydrogens (primary N) is 1. The molecule has 20 heavy (non-hydrogen) atoms. The number of rotatable bonds is 3. The lowest BCUT2D eigenvalue weighted by Crippen LogP contribution is -2.59. The third-order valence-corrected chi connectivity index (χ3v) is 5.11. The smallest absolute Gasteiger partial charge is 0.0604 e. The molecule has 2 nitrogen and oxygen atoms in total. The molecule has 108 valence electrons. The Kier molecular flexibility index (Phi) is 3.95. The van der Waals surface area contributed by atoms with Gasteiger partial charge in [-0.1, -0.05) is 36.8 Å². The van der Waals surface area contributed by atoms with Crippen molar-refractivity contribution < 1.29 is 0 Å². The summed E-state index contributed by atoms with van der Waals surface area (Å²) >= 11 is 0. The van der Waals surface area contributed by atoms with Crippen LogP contribution in [0.1, 0.15) is 43.2 Å². The normalized spacial score (nSPS) is 30.8. The Morgan fingerprint density at radius 3 is 2.75 bits per heavy atom. The zero-order valence-electron chi connectivity index (χ0n) is 12.4. The Labute approximate surface area is 122 Å². The first-order valence-corrected chi connectivity index (χ1v) is 7.98. The van der Waals surface area contributed by atoms with E-state index in [9.17, 15) is 0 Å². The third kappa shape index (κ3) is 2.32. The first-order valence-electron chi connectivity index (χ1n) is 7.98. The standard InChI is InChI=1S/C18H26N2/c1-2-12-18(19)16-9-5-4-8-15(16)10-11-17(18)20-13-6-3-7-14-20/h2,4-5,8-9,17H,1,3,6-7,10-14,19H2. The first kappa shape index (κ1) is 13.8. The number of hydrogen-bond donors (Lipinski definition) is 1. The maximum atomic E-state index is 6.94. The first-order chi connectivity index (χ1) is 9.75. The lowest BCUT2D eigenvalue weighted by molar-refractivity contribution is 0.0828. The number of fused-ring (bicyclic) bond motifs is 1. The quantitative estimate of drug-likeness (QED) is 0.855. The highest BCUT2D eigenvalue weighted by atomic mass is 15.2. The number of hydrogen-bond acceptors (Lipinski definition) is 2. The van der Waals surface area contributed by atoms with Crippen molar-refractivity contribution in [3.63, 3.8) is 0 Å². The minimum Gasteiger partial charge on any atom is -0.320 e. The van der Waals surface area contributed by atoms with Gasteiger partial charge in [0.2, 0.25) is 0 Å². The molecule has 1 aliphatic carbocycles. The van der Waals surface area contributed by atoms with Crippen LogP contribution in [0, 0.1) is 0 Å². The van der Waals surface area contributed by atoms with Crippen molar-refractivity contribution in [2.24, 2.45) is 5.73 Å². The highest BCUT2D eigenvalue weighted by Gasteiger charge is 2.43. The molecule has 0 aromatic heterocycles. The van der Waals surface area contributed by atoms with E-state index < -0.39 is 0 Å². The van der Waals surface area contributed by atoms with Gasteiger partial charge in [0.15, 0.2) is 0 Å². The van der Waals surface area contributed by atoms with E-state index >= 15 is 0 Å². The van der Waals surface area contributed by atoms with E-state index in [4.69, 9.17) is 5.73 Å². The Bertz CT molecular complexity index is 476. The fourth-order valence-electron chi connectivity index (χ4n) is 4.14. The number of likely N-dealkylation sites (tertiary alicyclic amines) is 1. The number of piperidine rings is 1. The maximum Gasteiger partial charge on any atom is 0.0604 e. The summed E-state index contributed by atoms with van der Waals surface area (Å²) in [6.07, 6.45) is 9.22. The van der Waals surface area contributed by atoms with Crippen LogP contribution in [0.5, 0.6) is 0 Å². The molecule has 2 unspecified atom stereocenters. The number of benzene rings is 1. The average Bonchev–Trinajstić information content (AvgIpc) is 2.49. The summed E-state index contributed by atoms with van der Waals surface area (Å²) in [4.78, 5) is 2.64. The van der Waals surface area contributed by atoms with E-state index in [-0.39, 0.29) is 5.54 Å². The van der Waals surface area contributed by atoms with Crippen LogP contribution in [-0.4, -0.2) is 24.0 Å². The summed E-state index contributed by atoms with van der Waals surface area (Å²) in [5.41, 5.74) is 9.47. The fourth-order valence-corrected chi connectivity index (χ4v) is 4.14. The Hall–Kier alpha value is -1.12. The summed E-state index contributed by atoms with van der Waals surface area (Å²) in [5, 5.41) is 0. The molecule has 2 aliphatic rings. The molecule has 1 aliphatic heterocycles. The lowest BCUT2D eigenvalue weighted by atomic mass is 9.71. The van der Waals surface area contributed by atoms with Gasteiger partial charge in [0.25, 0.3) is 0 Å². The SMILES string of the molecule is C=CCC1(N)c2ccccc2CCC1N1CCCCC1. The Balaban J connectivity index is 1.96. The zero-order chi connectivity index (χ0) is 14.0. The van der Waals surface area contributed by atoms with Gasteiger partial charge in [-0.05, 0) is 56.3 Å². The van der Waals surface area contributed by atoms with Crippen LogP contribution in [0.25, 0.3) is 0 Å². The van der Waals surface area contributed by atoms with E-state index in [2.05, 4.69) is 35.7 Å². The monoisotopic (exact) mass is 270 g/mol. The third-order valence-electron chi connectivity index (χ3n) is 5.11. The van der Waals surface area contributed by atoms with Crippen LogP contribution in [0.15, 0.2) is 36.9 Å². The van der Waals surface area contributed by atoms with Crippen molar-refractivity contribution in [2.45, 2.75) is 50.1 Å². The molecule has 0 bridgehead atoms. The molecule has 1 fully saturated rings. The van der Waals surface area contributed by atoms with E-state index in [1.165, 1.54) is 49.9 Å². The Morgan fingerprint density at radius 2 is 2.00 bits per heavy atom. The molecule has 0 spiro atoms. The summed E-state index contributed by atoms with van der Waals surface area (Å²) in [6, 6.07) is 9.20. The van der Waals surface area contributed by atoms with E-state index in [1.54, 1.807) is 0 Å². The molecule has 1 heterocycles. The van der Waals surface area contributed by atoms with Crippen LogP contribution in [-0.2, 0) is 12.0 Å². The van der Waals surface area contributed by atoms with Crippen molar-refractivity contribution in [1.82, 2.24) is 4.90 Å². The number of aryl methyl sites for hydroxylation is 1. The summed E-state index contributed by atoms with van der Waals surface area (Å²) < 4.78 is 0. The van der Waals surface area contributed by atoms with Crippen LogP contribution in [0.3, 0.4) is 0 Å². The molecule has 2 heteroatoms. The van der Waals surface area contributed by atoms with Crippen LogP contribution in [0.2, 0.25) is 0 Å². The molecule has 0 saturated carbocycles. The lowest BCUT2D eigenvalue weighted by Gasteiger charge is -2.49. The minimum absolute atomic E-state index is 0.256. The minimum atomic E-state index is -0.256. The predicted molar refractivity (Wildman–Crippen MR) is 84.7 cm³/mol. The molecule has 1 aromatic carbocycles. The second kappa shape index (κ2) is 5.71. The van der Waals surface area contributed by atoms with Gasteiger partial charge in [-0.15, -0.1) is 6.58 Å². The molecule has 0 amide bonds. The van der Waals surface area contributed by atoms with Gasteiger partial charge in [-0.25, -0.2) is 0 Å². The van der Waals surface area contributed by atoms with Crippen LogP contribution in [0.4, 0.5) is 0 Å². The zero-order valence-corrected chi connectivity index (χ0v) is 12.4. The molecule has 3 rings (SSSR count). The summed E-state index contributed by atoms with van der Waals surface area (Å²) in [5.74, 6) is 0. The van der Waals surface area contributed by atoms with Crippen molar-refractivity contribution in [3.8, 4) is 0 Å². The van der Waals surface area contributed by atoms with E-state index in [1.807, 2.05) is 6.08 Å². The molecule has 1 aromatic rings. The summed E-state index contributed by atoms with van der Waals surface area (Å²) in [6.45, 7) is 6.38. The largest absolute Gasteiger partial charge is 0.320 e. The highest BCUT2D eigenvalue weighted by molar-refractivity contribution is 5.38. The molecular formula is C18H26N2. The second-order valence-electron chi connectivity index (χ2n) is 6.34. The molecule has 2 atom stereocenters. The van der Waals surface area contributed by atoms with Crippen molar-refractivity contribution >= 4 is 0 Å². The molecular weight excluding hydrogens is 244 g/mol. The van der Waals surface area contributed by atoms with Gasteiger partial charge in [-0.3, -0.25) is 4.90 Å². The number of nitrogens with zero attached hydrogens (tertiary/aromatic N) is 1. The van der Waals surface area contributed by atoms with Gasteiger partial charge >= 0.3 is 0 Å². The molecule has 2 N–H and O–H groups in total. The predicted octanol–water partition coefficient (Wildman–Crippen LogP) is 3.22. The topological polar surface area (TPSA) is 29.3 Å².